The largest absolute Gasteiger partial charge is 0.342 e. The Bertz CT molecular complexity index is 383. The summed E-state index contributed by atoms with van der Waals surface area (Å²) in [7, 11) is 1.94. The molecule has 1 aromatic heterocycles. The lowest BCUT2D eigenvalue weighted by Crippen LogP contribution is -2.39. The van der Waals surface area contributed by atoms with Gasteiger partial charge in [-0.3, -0.25) is 4.79 Å². The third-order valence-corrected chi connectivity index (χ3v) is 4.34. The Balaban J connectivity index is 1.90. The zero-order chi connectivity index (χ0) is 12.3. The number of nitrogens with zero attached hydrogens (tertiary/aromatic N) is 2. The van der Waals surface area contributed by atoms with E-state index >= 15 is 0 Å². The molecule has 0 aliphatic heterocycles. The van der Waals surface area contributed by atoms with E-state index in [1.165, 1.54) is 32.1 Å². The Morgan fingerprint density at radius 3 is 2.76 bits per heavy atom. The zero-order valence-electron chi connectivity index (χ0n) is 10.6. The van der Waals surface area contributed by atoms with E-state index in [9.17, 15) is 4.79 Å². The zero-order valence-corrected chi connectivity index (χ0v) is 11.4. The minimum Gasteiger partial charge on any atom is -0.342 e. The maximum absolute atomic E-state index is 12.1. The van der Waals surface area contributed by atoms with Gasteiger partial charge >= 0.3 is 0 Å². The Morgan fingerprint density at radius 2 is 2.18 bits per heavy atom. The fraction of sp³-hybridized carbons (Fsp3) is 0.692. The number of hydrogen-bond acceptors (Lipinski definition) is 3. The van der Waals surface area contributed by atoms with Gasteiger partial charge in [0.25, 0.3) is 0 Å². The molecular weight excluding hydrogens is 232 g/mol. The van der Waals surface area contributed by atoms with Crippen molar-refractivity contribution in [3.8, 4) is 0 Å². The first-order chi connectivity index (χ1) is 8.16. The van der Waals surface area contributed by atoms with Crippen molar-refractivity contribution >= 4 is 17.2 Å². The molecule has 1 fully saturated rings. The average molecular weight is 252 g/mol. The summed E-state index contributed by atoms with van der Waals surface area (Å²) in [6.07, 6.45) is 6.63. The summed E-state index contributed by atoms with van der Waals surface area (Å²) < 4.78 is 0. The third kappa shape index (κ3) is 3.28. The smallest absolute Gasteiger partial charge is 0.228 e. The van der Waals surface area contributed by atoms with Crippen molar-refractivity contribution in [2.75, 3.05) is 7.05 Å². The second-order valence-corrected chi connectivity index (χ2v) is 5.89. The van der Waals surface area contributed by atoms with E-state index in [2.05, 4.69) is 4.98 Å². The summed E-state index contributed by atoms with van der Waals surface area (Å²) in [4.78, 5) is 18.4. The molecule has 0 atom stereocenters. The molecule has 3 nitrogen and oxygen atoms in total. The Morgan fingerprint density at radius 1 is 1.47 bits per heavy atom. The quantitative estimate of drug-likeness (QED) is 0.828. The number of amides is 1. The number of thiazole rings is 1. The van der Waals surface area contributed by atoms with E-state index < -0.39 is 0 Å². The van der Waals surface area contributed by atoms with Crippen molar-refractivity contribution in [2.24, 2.45) is 0 Å². The standard InChI is InChI=1S/C13H20N2OS/c1-10-14-11(9-17-10)8-13(16)15(2)12-6-4-3-5-7-12/h9,12H,3-8H2,1-2H3. The van der Waals surface area contributed by atoms with Gasteiger partial charge in [-0.15, -0.1) is 11.3 Å². The first-order valence-electron chi connectivity index (χ1n) is 6.33. The fourth-order valence-electron chi connectivity index (χ4n) is 2.44. The predicted octanol–water partition coefficient (Wildman–Crippen LogP) is 2.79. The van der Waals surface area contributed by atoms with Crippen LogP contribution in [0, 0.1) is 6.92 Å². The molecule has 2 rings (SSSR count). The molecule has 1 heterocycles. The van der Waals surface area contributed by atoms with Gasteiger partial charge in [-0.05, 0) is 19.8 Å². The number of hydrogen-bond donors (Lipinski definition) is 0. The van der Waals surface area contributed by atoms with Crippen LogP contribution in [-0.2, 0) is 11.2 Å². The maximum Gasteiger partial charge on any atom is 0.228 e. The molecule has 1 aliphatic rings. The topological polar surface area (TPSA) is 33.2 Å². The number of aromatic nitrogens is 1. The van der Waals surface area contributed by atoms with Crippen LogP contribution in [0.5, 0.6) is 0 Å². The molecule has 1 amide bonds. The Labute approximate surface area is 107 Å². The van der Waals surface area contributed by atoms with E-state index in [0.29, 0.717) is 12.5 Å². The van der Waals surface area contributed by atoms with Crippen LogP contribution in [0.3, 0.4) is 0 Å². The minimum absolute atomic E-state index is 0.210. The second kappa shape index (κ2) is 5.63. The third-order valence-electron chi connectivity index (χ3n) is 3.51. The number of aryl methyl sites for hydroxylation is 1. The second-order valence-electron chi connectivity index (χ2n) is 4.83. The van der Waals surface area contributed by atoms with Gasteiger partial charge in [0.2, 0.25) is 5.91 Å². The molecule has 0 spiro atoms. The lowest BCUT2D eigenvalue weighted by Gasteiger charge is -2.31. The van der Waals surface area contributed by atoms with Crippen molar-refractivity contribution < 1.29 is 4.79 Å². The molecule has 0 aromatic carbocycles. The molecule has 1 saturated carbocycles. The van der Waals surface area contributed by atoms with Gasteiger partial charge < -0.3 is 4.90 Å². The maximum atomic E-state index is 12.1. The molecule has 1 aliphatic carbocycles. The van der Waals surface area contributed by atoms with Gasteiger partial charge in [0, 0.05) is 18.5 Å². The molecule has 0 radical (unpaired) electrons. The van der Waals surface area contributed by atoms with Gasteiger partial charge in [0.1, 0.15) is 0 Å². The van der Waals surface area contributed by atoms with Crippen LogP contribution in [0.15, 0.2) is 5.38 Å². The first kappa shape index (κ1) is 12.6. The molecule has 0 N–H and O–H groups in total. The van der Waals surface area contributed by atoms with Crippen molar-refractivity contribution in [3.05, 3.63) is 16.1 Å². The summed E-state index contributed by atoms with van der Waals surface area (Å²) in [5.74, 6) is 0.210. The molecular formula is C13H20N2OS. The van der Waals surface area contributed by atoms with Crippen LogP contribution < -0.4 is 0 Å². The van der Waals surface area contributed by atoms with Gasteiger partial charge in [-0.25, -0.2) is 4.98 Å². The number of rotatable bonds is 3. The van der Waals surface area contributed by atoms with Gasteiger partial charge in [0.05, 0.1) is 17.1 Å². The van der Waals surface area contributed by atoms with E-state index in [1.54, 1.807) is 11.3 Å². The highest BCUT2D eigenvalue weighted by Gasteiger charge is 2.22. The van der Waals surface area contributed by atoms with E-state index in [4.69, 9.17) is 0 Å². The molecule has 4 heteroatoms. The summed E-state index contributed by atoms with van der Waals surface area (Å²) in [5.41, 5.74) is 0.917. The molecule has 0 bridgehead atoms. The number of carbonyl (C=O) groups excluding carboxylic acids is 1. The van der Waals surface area contributed by atoms with Crippen molar-refractivity contribution in [2.45, 2.75) is 51.5 Å². The van der Waals surface area contributed by atoms with Gasteiger partial charge in [-0.1, -0.05) is 19.3 Å². The lowest BCUT2D eigenvalue weighted by atomic mass is 9.94. The number of carbonyl (C=O) groups is 1. The fourth-order valence-corrected chi connectivity index (χ4v) is 3.05. The Hall–Kier alpha value is -0.900. The average Bonchev–Trinajstić information content (AvgIpc) is 2.75. The van der Waals surface area contributed by atoms with Crippen LogP contribution in [-0.4, -0.2) is 28.9 Å². The predicted molar refractivity (Wildman–Crippen MR) is 70.2 cm³/mol. The van der Waals surface area contributed by atoms with Gasteiger partial charge in [-0.2, -0.15) is 0 Å². The molecule has 0 saturated heterocycles. The highest BCUT2D eigenvalue weighted by molar-refractivity contribution is 7.09. The summed E-state index contributed by atoms with van der Waals surface area (Å²) in [5, 5.41) is 3.02. The van der Waals surface area contributed by atoms with Gasteiger partial charge in [0.15, 0.2) is 0 Å². The minimum atomic E-state index is 0.210. The van der Waals surface area contributed by atoms with E-state index in [-0.39, 0.29) is 5.91 Å². The SMILES string of the molecule is Cc1nc(CC(=O)N(C)C2CCCCC2)cs1. The van der Waals surface area contributed by atoms with E-state index in [0.717, 1.165) is 10.7 Å². The molecule has 17 heavy (non-hydrogen) atoms. The summed E-state index contributed by atoms with van der Waals surface area (Å²) >= 11 is 1.61. The van der Waals surface area contributed by atoms with Crippen molar-refractivity contribution in [1.82, 2.24) is 9.88 Å². The normalized spacial score (nSPS) is 17.1. The molecule has 1 aromatic rings. The summed E-state index contributed by atoms with van der Waals surface area (Å²) in [6, 6.07) is 0.455. The van der Waals surface area contributed by atoms with Crippen LogP contribution in [0.4, 0.5) is 0 Å². The monoisotopic (exact) mass is 252 g/mol. The van der Waals surface area contributed by atoms with Crippen LogP contribution >= 0.6 is 11.3 Å². The first-order valence-corrected chi connectivity index (χ1v) is 7.21. The molecule has 0 unspecified atom stereocenters. The lowest BCUT2D eigenvalue weighted by molar-refractivity contribution is -0.131. The van der Waals surface area contributed by atoms with Crippen molar-refractivity contribution in [1.29, 1.82) is 0 Å². The highest BCUT2D eigenvalue weighted by atomic mass is 32.1. The summed E-state index contributed by atoms with van der Waals surface area (Å²) in [6.45, 7) is 1.98. The van der Waals surface area contributed by atoms with Crippen LogP contribution in [0.25, 0.3) is 0 Å². The number of likely N-dealkylation sites (N-methyl/N-ethyl adjacent to an activating group) is 1. The van der Waals surface area contributed by atoms with Crippen LogP contribution in [0.1, 0.15) is 42.8 Å². The Kier molecular flexibility index (Phi) is 4.15. The van der Waals surface area contributed by atoms with Crippen molar-refractivity contribution in [3.63, 3.8) is 0 Å². The van der Waals surface area contributed by atoms with E-state index in [1.807, 2.05) is 24.3 Å². The highest BCUT2D eigenvalue weighted by Crippen LogP contribution is 2.22. The molecule has 94 valence electrons. The van der Waals surface area contributed by atoms with Crippen LogP contribution in [0.2, 0.25) is 0 Å².